The Balaban J connectivity index is 1.71. The SMILES string of the molecule is CN1Nc2ccccc2N1N=C1c2ccccc2-c2ccccc21. The average Bonchev–Trinajstić information content (AvgIpc) is 3.11. The Labute approximate surface area is 140 Å². The van der Waals surface area contributed by atoms with E-state index >= 15 is 0 Å². The average molecular weight is 312 g/mol. The highest BCUT2D eigenvalue weighted by atomic mass is 15.9. The molecule has 0 saturated carbocycles. The fourth-order valence-electron chi connectivity index (χ4n) is 3.44. The number of fused-ring (bicyclic) bond motifs is 4. The van der Waals surface area contributed by atoms with E-state index in [0.29, 0.717) is 0 Å². The molecule has 0 amide bonds. The number of rotatable bonds is 1. The van der Waals surface area contributed by atoms with Crippen LogP contribution in [0.1, 0.15) is 11.1 Å². The number of hydrazone groups is 1. The van der Waals surface area contributed by atoms with Gasteiger partial charge in [0.1, 0.15) is 11.4 Å². The van der Waals surface area contributed by atoms with Gasteiger partial charge in [-0.1, -0.05) is 60.7 Å². The van der Waals surface area contributed by atoms with E-state index in [0.717, 1.165) is 17.1 Å². The van der Waals surface area contributed by atoms with E-state index in [-0.39, 0.29) is 0 Å². The zero-order valence-electron chi connectivity index (χ0n) is 13.3. The van der Waals surface area contributed by atoms with Gasteiger partial charge in [-0.15, -0.1) is 5.12 Å². The monoisotopic (exact) mass is 312 g/mol. The first-order chi connectivity index (χ1) is 11.8. The summed E-state index contributed by atoms with van der Waals surface area (Å²) in [4.78, 5) is 0. The Morgan fingerprint density at radius 3 is 1.92 bits per heavy atom. The van der Waals surface area contributed by atoms with Gasteiger partial charge in [-0.05, 0) is 23.3 Å². The normalized spacial score (nSPS) is 14.9. The fraction of sp³-hybridized carbons (Fsp3) is 0.0500. The first-order valence-electron chi connectivity index (χ1n) is 8.00. The summed E-state index contributed by atoms with van der Waals surface area (Å²) >= 11 is 0. The van der Waals surface area contributed by atoms with Crippen molar-refractivity contribution >= 4 is 17.1 Å². The summed E-state index contributed by atoms with van der Waals surface area (Å²) < 4.78 is 0. The Kier molecular flexibility index (Phi) is 2.75. The van der Waals surface area contributed by atoms with Crippen LogP contribution in [0.5, 0.6) is 0 Å². The van der Waals surface area contributed by atoms with E-state index in [4.69, 9.17) is 5.10 Å². The second-order valence-electron chi connectivity index (χ2n) is 5.98. The van der Waals surface area contributed by atoms with Crippen LogP contribution in [0.2, 0.25) is 0 Å². The van der Waals surface area contributed by atoms with Crippen molar-refractivity contribution < 1.29 is 0 Å². The van der Waals surface area contributed by atoms with Gasteiger partial charge < -0.3 is 0 Å². The van der Waals surface area contributed by atoms with Gasteiger partial charge in [-0.25, -0.2) is 0 Å². The molecule has 24 heavy (non-hydrogen) atoms. The van der Waals surface area contributed by atoms with Crippen LogP contribution >= 0.6 is 0 Å². The molecule has 116 valence electrons. The summed E-state index contributed by atoms with van der Waals surface area (Å²) in [6.07, 6.45) is 0. The molecular weight excluding hydrogens is 296 g/mol. The predicted molar refractivity (Wildman–Crippen MR) is 97.8 cm³/mol. The van der Waals surface area contributed by atoms with Gasteiger partial charge in [-0.3, -0.25) is 5.43 Å². The maximum atomic E-state index is 4.99. The van der Waals surface area contributed by atoms with E-state index in [2.05, 4.69) is 66.1 Å². The summed E-state index contributed by atoms with van der Waals surface area (Å²) in [7, 11) is 1.97. The number of benzene rings is 3. The van der Waals surface area contributed by atoms with Gasteiger partial charge in [0.05, 0.1) is 5.69 Å². The Bertz CT molecular complexity index is 929. The molecular formula is C20H16N4. The van der Waals surface area contributed by atoms with Crippen LogP contribution in [0.4, 0.5) is 11.4 Å². The summed E-state index contributed by atoms with van der Waals surface area (Å²) in [6, 6.07) is 25.1. The summed E-state index contributed by atoms with van der Waals surface area (Å²) in [6.45, 7) is 0. The molecule has 0 bridgehead atoms. The van der Waals surface area contributed by atoms with Crippen LogP contribution in [-0.2, 0) is 0 Å². The second-order valence-corrected chi connectivity index (χ2v) is 5.98. The molecule has 3 aromatic carbocycles. The topological polar surface area (TPSA) is 30.9 Å². The highest BCUT2D eigenvalue weighted by Crippen LogP contribution is 2.39. The third-order valence-electron chi connectivity index (χ3n) is 4.54. The van der Waals surface area contributed by atoms with Crippen LogP contribution in [0, 0.1) is 0 Å². The third kappa shape index (κ3) is 1.80. The van der Waals surface area contributed by atoms with Crippen LogP contribution < -0.4 is 10.5 Å². The highest BCUT2D eigenvalue weighted by Gasteiger charge is 2.28. The van der Waals surface area contributed by atoms with Crippen LogP contribution in [0.3, 0.4) is 0 Å². The first kappa shape index (κ1) is 13.3. The molecule has 2 aliphatic rings. The van der Waals surface area contributed by atoms with Crippen molar-refractivity contribution in [2.45, 2.75) is 0 Å². The number of nitrogens with one attached hydrogen (secondary N) is 1. The van der Waals surface area contributed by atoms with Crippen LogP contribution in [0.15, 0.2) is 77.9 Å². The van der Waals surface area contributed by atoms with Crippen molar-refractivity contribution in [3.05, 3.63) is 83.9 Å². The number of hydrazine groups is 2. The van der Waals surface area contributed by atoms with E-state index in [1.165, 1.54) is 22.3 Å². The Morgan fingerprint density at radius 2 is 1.25 bits per heavy atom. The molecule has 0 saturated heterocycles. The van der Waals surface area contributed by atoms with E-state index in [1.54, 1.807) is 0 Å². The molecule has 1 N–H and O–H groups in total. The smallest absolute Gasteiger partial charge is 0.105 e. The maximum Gasteiger partial charge on any atom is 0.105 e. The van der Waals surface area contributed by atoms with Crippen LogP contribution in [0.25, 0.3) is 11.1 Å². The summed E-state index contributed by atoms with van der Waals surface area (Å²) in [5.74, 6) is 0. The van der Waals surface area contributed by atoms with Crippen molar-refractivity contribution in [3.63, 3.8) is 0 Å². The first-order valence-corrected chi connectivity index (χ1v) is 8.00. The quantitative estimate of drug-likeness (QED) is 0.574. The van der Waals surface area contributed by atoms with Crippen molar-refractivity contribution in [1.82, 2.24) is 5.12 Å². The van der Waals surface area contributed by atoms with Gasteiger partial charge in [0.25, 0.3) is 0 Å². The minimum absolute atomic E-state index is 1.01. The maximum absolute atomic E-state index is 4.99. The van der Waals surface area contributed by atoms with E-state index < -0.39 is 0 Å². The van der Waals surface area contributed by atoms with Gasteiger partial charge in [0.2, 0.25) is 0 Å². The van der Waals surface area contributed by atoms with E-state index in [1.807, 2.05) is 29.4 Å². The molecule has 0 fully saturated rings. The minimum Gasteiger partial charge on any atom is -0.298 e. The van der Waals surface area contributed by atoms with Gasteiger partial charge >= 0.3 is 0 Å². The van der Waals surface area contributed by atoms with Crippen LogP contribution in [-0.4, -0.2) is 17.9 Å². The van der Waals surface area contributed by atoms with Crippen molar-refractivity contribution in [2.24, 2.45) is 5.10 Å². The Morgan fingerprint density at radius 1 is 0.708 bits per heavy atom. The standard InChI is InChI=1S/C20H16N4/c1-23-21-18-12-6-7-13-19(18)24(23)22-20-16-10-4-2-8-14(16)15-9-3-5-11-17(15)20/h2-13,21H,1H3. The lowest BCUT2D eigenvalue weighted by Crippen LogP contribution is -2.35. The predicted octanol–water partition coefficient (Wildman–Crippen LogP) is 4.11. The summed E-state index contributed by atoms with van der Waals surface area (Å²) in [5, 5.41) is 8.82. The largest absolute Gasteiger partial charge is 0.298 e. The third-order valence-corrected chi connectivity index (χ3v) is 4.54. The zero-order chi connectivity index (χ0) is 16.1. The minimum atomic E-state index is 1.01. The Hall–Kier alpha value is -3.11. The lowest BCUT2D eigenvalue weighted by molar-refractivity contribution is 0.393. The second kappa shape index (κ2) is 4.94. The molecule has 1 heterocycles. The molecule has 4 heteroatoms. The molecule has 0 radical (unpaired) electrons. The van der Waals surface area contributed by atoms with E-state index in [9.17, 15) is 0 Å². The number of anilines is 2. The number of hydrogen-bond acceptors (Lipinski definition) is 4. The number of hydrogen-bond donors (Lipinski definition) is 1. The van der Waals surface area contributed by atoms with Gasteiger partial charge in [-0.2, -0.15) is 10.2 Å². The van der Waals surface area contributed by atoms with Crippen molar-refractivity contribution in [3.8, 4) is 11.1 Å². The molecule has 0 spiro atoms. The fourth-order valence-corrected chi connectivity index (χ4v) is 3.44. The van der Waals surface area contributed by atoms with Gasteiger partial charge in [0, 0.05) is 18.2 Å². The lowest BCUT2D eigenvalue weighted by Gasteiger charge is -2.21. The molecule has 0 unspecified atom stereocenters. The number of nitrogens with zero attached hydrogens (tertiary/aromatic N) is 3. The van der Waals surface area contributed by atoms with Crippen molar-refractivity contribution in [2.75, 3.05) is 17.6 Å². The lowest BCUT2D eigenvalue weighted by atomic mass is 10.1. The zero-order valence-corrected chi connectivity index (χ0v) is 13.3. The molecule has 1 aliphatic heterocycles. The number of para-hydroxylation sites is 2. The molecule has 0 aromatic heterocycles. The molecule has 3 aromatic rings. The molecule has 1 aliphatic carbocycles. The highest BCUT2D eigenvalue weighted by molar-refractivity contribution is 6.24. The molecule has 0 atom stereocenters. The van der Waals surface area contributed by atoms with Gasteiger partial charge in [0.15, 0.2) is 0 Å². The molecule has 5 rings (SSSR count). The van der Waals surface area contributed by atoms with Crippen molar-refractivity contribution in [1.29, 1.82) is 0 Å². The summed E-state index contributed by atoms with van der Waals surface area (Å²) in [5.41, 5.74) is 11.3. The molecule has 4 nitrogen and oxygen atoms in total.